The fraction of sp³-hybridized carbons (Fsp3) is 0.571. The highest BCUT2D eigenvalue weighted by Crippen LogP contribution is 2.03. The van der Waals surface area contributed by atoms with Crippen molar-refractivity contribution in [2.24, 2.45) is 0 Å². The number of rotatable bonds is 4. The maximum Gasteiger partial charge on any atom is 0.129 e. The molecule has 0 unspecified atom stereocenters. The van der Waals surface area contributed by atoms with Crippen molar-refractivity contribution in [3.05, 3.63) is 18.3 Å². The lowest BCUT2D eigenvalue weighted by Crippen LogP contribution is -2.13. The molecular formula is C7H12N3O2. The molecule has 1 rings (SSSR count). The van der Waals surface area contributed by atoms with Crippen molar-refractivity contribution in [3.8, 4) is 0 Å². The zero-order valence-corrected chi connectivity index (χ0v) is 7.28. The van der Waals surface area contributed by atoms with Crippen molar-refractivity contribution < 1.29 is 9.57 Å². The van der Waals surface area contributed by atoms with E-state index in [2.05, 4.69) is 17.2 Å². The van der Waals surface area contributed by atoms with Crippen LogP contribution in [0.3, 0.4) is 0 Å². The van der Waals surface area contributed by atoms with Crippen LogP contribution in [0.1, 0.15) is 18.3 Å². The third kappa shape index (κ3) is 1.73. The minimum atomic E-state index is 0.427. The number of nitrogens with zero attached hydrogens (tertiary/aromatic N) is 3. The first kappa shape index (κ1) is 8.99. The standard InChI is InChI=1S/C7H12N3O2/c1-4-12-5-7-6(2)8-9-10(7)11-3/h2,4-5H2,1,3H3. The normalized spacial score (nSPS) is 10.2. The Labute approximate surface area is 71.2 Å². The zero-order valence-electron chi connectivity index (χ0n) is 7.28. The van der Waals surface area contributed by atoms with E-state index in [9.17, 15) is 0 Å². The lowest BCUT2D eigenvalue weighted by Gasteiger charge is -2.03. The molecular weight excluding hydrogens is 158 g/mol. The van der Waals surface area contributed by atoms with Crippen LogP contribution in [0, 0.1) is 6.92 Å². The molecule has 1 radical (unpaired) electrons. The van der Waals surface area contributed by atoms with Crippen molar-refractivity contribution in [2.45, 2.75) is 13.5 Å². The molecule has 12 heavy (non-hydrogen) atoms. The van der Waals surface area contributed by atoms with Crippen LogP contribution in [-0.4, -0.2) is 28.9 Å². The van der Waals surface area contributed by atoms with Crippen LogP contribution in [0.25, 0.3) is 0 Å². The van der Waals surface area contributed by atoms with E-state index >= 15 is 0 Å². The van der Waals surface area contributed by atoms with Crippen LogP contribution >= 0.6 is 0 Å². The van der Waals surface area contributed by atoms with E-state index in [1.807, 2.05) is 6.92 Å². The van der Waals surface area contributed by atoms with Gasteiger partial charge in [0.05, 0.1) is 12.3 Å². The Balaban J connectivity index is 2.72. The molecule has 0 aliphatic carbocycles. The van der Waals surface area contributed by atoms with Gasteiger partial charge in [-0.15, -0.1) is 5.10 Å². The number of aromatic nitrogens is 3. The van der Waals surface area contributed by atoms with Crippen molar-refractivity contribution in [1.29, 1.82) is 0 Å². The Morgan fingerprint density at radius 3 is 2.92 bits per heavy atom. The summed E-state index contributed by atoms with van der Waals surface area (Å²) in [6.45, 7) is 6.68. The van der Waals surface area contributed by atoms with Crippen LogP contribution in [-0.2, 0) is 11.3 Å². The third-order valence-electron chi connectivity index (χ3n) is 1.43. The molecule has 0 spiro atoms. The fourth-order valence-electron chi connectivity index (χ4n) is 0.801. The van der Waals surface area contributed by atoms with Crippen molar-refractivity contribution in [3.63, 3.8) is 0 Å². The van der Waals surface area contributed by atoms with Crippen LogP contribution < -0.4 is 4.84 Å². The van der Waals surface area contributed by atoms with Gasteiger partial charge in [-0.2, -0.15) is 0 Å². The highest BCUT2D eigenvalue weighted by molar-refractivity contribution is 5.10. The van der Waals surface area contributed by atoms with Crippen LogP contribution in [0.4, 0.5) is 0 Å². The first-order chi connectivity index (χ1) is 5.79. The molecule has 0 fully saturated rings. The summed E-state index contributed by atoms with van der Waals surface area (Å²) < 4.78 is 5.18. The maximum absolute atomic E-state index is 5.18. The summed E-state index contributed by atoms with van der Waals surface area (Å²) in [7, 11) is 1.52. The Morgan fingerprint density at radius 1 is 1.58 bits per heavy atom. The monoisotopic (exact) mass is 170 g/mol. The zero-order chi connectivity index (χ0) is 8.97. The van der Waals surface area contributed by atoms with Gasteiger partial charge in [0, 0.05) is 6.61 Å². The van der Waals surface area contributed by atoms with E-state index < -0.39 is 0 Å². The Morgan fingerprint density at radius 2 is 2.33 bits per heavy atom. The van der Waals surface area contributed by atoms with Crippen LogP contribution in [0.15, 0.2) is 0 Å². The van der Waals surface area contributed by atoms with E-state index in [0.717, 1.165) is 5.69 Å². The Kier molecular flexibility index (Phi) is 3.04. The summed E-state index contributed by atoms with van der Waals surface area (Å²) in [5.41, 5.74) is 1.34. The fourth-order valence-corrected chi connectivity index (χ4v) is 0.801. The number of hydrogen-bond acceptors (Lipinski definition) is 4. The Hall–Kier alpha value is -1.10. The molecule has 0 aliphatic heterocycles. The predicted octanol–water partition coefficient (Wildman–Crippen LogP) is 0.0552. The molecule has 1 heterocycles. The molecule has 1 aromatic heterocycles. The first-order valence-electron chi connectivity index (χ1n) is 3.68. The number of ether oxygens (including phenoxy) is 1. The average Bonchev–Trinajstić information content (AvgIpc) is 2.43. The van der Waals surface area contributed by atoms with Crippen molar-refractivity contribution >= 4 is 0 Å². The second kappa shape index (κ2) is 4.06. The van der Waals surface area contributed by atoms with E-state index in [1.54, 1.807) is 0 Å². The average molecular weight is 170 g/mol. The maximum atomic E-state index is 5.18. The molecule has 0 amide bonds. The largest absolute Gasteiger partial charge is 0.399 e. The van der Waals surface area contributed by atoms with Gasteiger partial charge < -0.3 is 9.57 Å². The lowest BCUT2D eigenvalue weighted by atomic mass is 10.4. The summed E-state index contributed by atoms with van der Waals surface area (Å²) in [6, 6.07) is 0. The van der Waals surface area contributed by atoms with Gasteiger partial charge in [-0.1, -0.05) is 4.85 Å². The molecule has 0 atom stereocenters. The molecule has 1 aromatic rings. The quantitative estimate of drug-likeness (QED) is 0.641. The third-order valence-corrected chi connectivity index (χ3v) is 1.43. The Bertz CT molecular complexity index is 247. The van der Waals surface area contributed by atoms with Gasteiger partial charge in [0.2, 0.25) is 0 Å². The minimum absolute atomic E-state index is 0.427. The van der Waals surface area contributed by atoms with Crippen LogP contribution in [0.2, 0.25) is 0 Å². The van der Waals surface area contributed by atoms with Crippen LogP contribution in [0.5, 0.6) is 0 Å². The molecule has 0 bridgehead atoms. The van der Waals surface area contributed by atoms with Crippen molar-refractivity contribution in [2.75, 3.05) is 13.7 Å². The highest BCUT2D eigenvalue weighted by Gasteiger charge is 2.08. The molecule has 5 heteroatoms. The summed E-state index contributed by atoms with van der Waals surface area (Å²) in [4.78, 5) is 6.19. The van der Waals surface area contributed by atoms with Gasteiger partial charge in [-0.3, -0.25) is 0 Å². The topological polar surface area (TPSA) is 49.2 Å². The summed E-state index contributed by atoms with van der Waals surface area (Å²) in [5.74, 6) is 0. The molecule has 0 aliphatic rings. The summed E-state index contributed by atoms with van der Waals surface area (Å²) in [5, 5.41) is 7.43. The SMILES string of the molecule is [CH2]c1nnn(OC)c1COCC. The molecule has 0 N–H and O–H groups in total. The lowest BCUT2D eigenvalue weighted by molar-refractivity contribution is 0.0804. The van der Waals surface area contributed by atoms with E-state index in [1.165, 1.54) is 12.0 Å². The predicted molar refractivity (Wildman–Crippen MR) is 42.3 cm³/mol. The van der Waals surface area contributed by atoms with Gasteiger partial charge >= 0.3 is 0 Å². The van der Waals surface area contributed by atoms with E-state index in [0.29, 0.717) is 18.9 Å². The highest BCUT2D eigenvalue weighted by atomic mass is 16.7. The number of hydrogen-bond donors (Lipinski definition) is 0. The van der Waals surface area contributed by atoms with E-state index in [4.69, 9.17) is 9.57 Å². The van der Waals surface area contributed by atoms with Gasteiger partial charge in [0.15, 0.2) is 0 Å². The van der Waals surface area contributed by atoms with Gasteiger partial charge in [0.1, 0.15) is 12.8 Å². The van der Waals surface area contributed by atoms with Gasteiger partial charge in [-0.25, -0.2) is 0 Å². The van der Waals surface area contributed by atoms with E-state index in [-0.39, 0.29) is 0 Å². The molecule has 0 saturated heterocycles. The smallest absolute Gasteiger partial charge is 0.129 e. The first-order valence-corrected chi connectivity index (χ1v) is 3.68. The second-order valence-electron chi connectivity index (χ2n) is 2.18. The van der Waals surface area contributed by atoms with Gasteiger partial charge in [-0.05, 0) is 19.1 Å². The second-order valence-corrected chi connectivity index (χ2v) is 2.18. The minimum Gasteiger partial charge on any atom is -0.399 e. The summed E-state index contributed by atoms with van der Waals surface area (Å²) >= 11 is 0. The van der Waals surface area contributed by atoms with Gasteiger partial charge in [0.25, 0.3) is 0 Å². The molecule has 67 valence electrons. The molecule has 0 saturated carbocycles. The molecule has 5 nitrogen and oxygen atoms in total. The van der Waals surface area contributed by atoms with Crippen molar-refractivity contribution in [1.82, 2.24) is 15.2 Å². The molecule has 0 aromatic carbocycles. The summed E-state index contributed by atoms with van der Waals surface area (Å²) in [6.07, 6.45) is 0.